The van der Waals surface area contributed by atoms with Crippen molar-refractivity contribution in [3.63, 3.8) is 0 Å². The lowest BCUT2D eigenvalue weighted by atomic mass is 10.2. The number of hydrogen-bond donors (Lipinski definition) is 1. The first-order valence-corrected chi connectivity index (χ1v) is 8.12. The zero-order chi connectivity index (χ0) is 16.2. The van der Waals surface area contributed by atoms with E-state index >= 15 is 0 Å². The molecule has 2 aromatic heterocycles. The monoisotopic (exact) mass is 351 g/mol. The highest BCUT2D eigenvalue weighted by Gasteiger charge is 2.12. The van der Waals surface area contributed by atoms with Crippen LogP contribution in [-0.2, 0) is 24.9 Å². The van der Waals surface area contributed by atoms with Crippen molar-refractivity contribution >= 4 is 18.2 Å². The minimum absolute atomic E-state index is 0. The molecule has 2 aromatic rings. The summed E-state index contributed by atoms with van der Waals surface area (Å²) in [4.78, 5) is 6.85. The zero-order valence-corrected chi connectivity index (χ0v) is 15.4. The van der Waals surface area contributed by atoms with Gasteiger partial charge in [0.25, 0.3) is 0 Å². The third kappa shape index (κ3) is 4.26. The van der Waals surface area contributed by atoms with E-state index in [4.69, 9.17) is 4.74 Å². The van der Waals surface area contributed by atoms with Gasteiger partial charge in [-0.3, -0.25) is 4.68 Å². The zero-order valence-electron chi connectivity index (χ0n) is 14.6. The number of aryl methyl sites for hydroxylation is 2. The van der Waals surface area contributed by atoms with E-state index < -0.39 is 0 Å². The molecule has 0 aliphatic carbocycles. The van der Waals surface area contributed by atoms with Crippen LogP contribution in [0.5, 0.6) is 0 Å². The lowest BCUT2D eigenvalue weighted by Crippen LogP contribution is -2.36. The molecule has 24 heavy (non-hydrogen) atoms. The summed E-state index contributed by atoms with van der Waals surface area (Å²) in [5, 5.41) is 7.93. The van der Waals surface area contributed by atoms with Crippen molar-refractivity contribution < 1.29 is 4.74 Å². The van der Waals surface area contributed by atoms with Crippen molar-refractivity contribution in [2.75, 3.05) is 31.2 Å². The van der Waals surface area contributed by atoms with E-state index in [2.05, 4.69) is 46.3 Å². The highest BCUT2D eigenvalue weighted by atomic mass is 35.5. The third-order valence-electron chi connectivity index (χ3n) is 4.43. The Labute approximate surface area is 149 Å². The smallest absolute Gasteiger partial charge is 0.128 e. The highest BCUT2D eigenvalue weighted by molar-refractivity contribution is 5.85. The average Bonchev–Trinajstić information content (AvgIpc) is 2.82. The van der Waals surface area contributed by atoms with Gasteiger partial charge in [-0.15, -0.1) is 12.4 Å². The SMILES string of the molecule is Cc1nn(C)c(C)c1CNCc1ccc(N2CCOCC2)nc1.Cl. The van der Waals surface area contributed by atoms with Crippen LogP contribution in [0.2, 0.25) is 0 Å². The van der Waals surface area contributed by atoms with E-state index in [0.717, 1.165) is 50.9 Å². The number of pyridine rings is 1. The van der Waals surface area contributed by atoms with Crippen molar-refractivity contribution in [1.29, 1.82) is 0 Å². The number of hydrogen-bond acceptors (Lipinski definition) is 5. The lowest BCUT2D eigenvalue weighted by Gasteiger charge is -2.27. The molecule has 1 fully saturated rings. The molecule has 0 bridgehead atoms. The van der Waals surface area contributed by atoms with E-state index in [1.807, 2.05) is 17.9 Å². The number of halogens is 1. The van der Waals surface area contributed by atoms with Gasteiger partial charge in [0, 0.05) is 50.7 Å². The molecule has 0 unspecified atom stereocenters. The summed E-state index contributed by atoms with van der Waals surface area (Å²) in [6, 6.07) is 4.25. The minimum Gasteiger partial charge on any atom is -0.378 e. The van der Waals surface area contributed by atoms with Crippen LogP contribution in [0, 0.1) is 13.8 Å². The summed E-state index contributed by atoms with van der Waals surface area (Å²) >= 11 is 0. The van der Waals surface area contributed by atoms with Gasteiger partial charge in [-0.25, -0.2) is 4.98 Å². The van der Waals surface area contributed by atoms with Gasteiger partial charge in [-0.2, -0.15) is 5.10 Å². The maximum absolute atomic E-state index is 5.37. The fraction of sp³-hybridized carbons (Fsp3) is 0.529. The summed E-state index contributed by atoms with van der Waals surface area (Å²) in [5.74, 6) is 1.04. The summed E-state index contributed by atoms with van der Waals surface area (Å²) < 4.78 is 7.31. The summed E-state index contributed by atoms with van der Waals surface area (Å²) in [7, 11) is 1.99. The second kappa shape index (κ2) is 8.46. The summed E-state index contributed by atoms with van der Waals surface area (Å²) in [6.45, 7) is 9.22. The lowest BCUT2D eigenvalue weighted by molar-refractivity contribution is 0.122. The van der Waals surface area contributed by atoms with Gasteiger partial charge < -0.3 is 15.0 Å². The van der Waals surface area contributed by atoms with Crippen molar-refractivity contribution in [2.24, 2.45) is 7.05 Å². The van der Waals surface area contributed by atoms with E-state index in [0.29, 0.717) is 0 Å². The van der Waals surface area contributed by atoms with Crippen LogP contribution >= 0.6 is 12.4 Å². The second-order valence-corrected chi connectivity index (χ2v) is 6.00. The molecule has 132 valence electrons. The molecule has 0 saturated carbocycles. The van der Waals surface area contributed by atoms with Crippen molar-refractivity contribution in [2.45, 2.75) is 26.9 Å². The Morgan fingerprint density at radius 3 is 2.50 bits per heavy atom. The van der Waals surface area contributed by atoms with Crippen LogP contribution < -0.4 is 10.2 Å². The molecule has 1 N–H and O–H groups in total. The van der Waals surface area contributed by atoms with Crippen molar-refractivity contribution in [3.05, 3.63) is 40.8 Å². The molecule has 1 aliphatic rings. The summed E-state index contributed by atoms with van der Waals surface area (Å²) in [6.07, 6.45) is 1.96. The van der Waals surface area contributed by atoms with E-state index in [1.165, 1.54) is 16.8 Å². The third-order valence-corrected chi connectivity index (χ3v) is 4.43. The minimum atomic E-state index is 0. The molecule has 0 spiro atoms. The van der Waals surface area contributed by atoms with Crippen molar-refractivity contribution in [1.82, 2.24) is 20.1 Å². The van der Waals surface area contributed by atoms with Crippen LogP contribution in [0.3, 0.4) is 0 Å². The Kier molecular flexibility index (Phi) is 6.60. The molecule has 6 nitrogen and oxygen atoms in total. The molecule has 0 radical (unpaired) electrons. The first-order valence-electron chi connectivity index (χ1n) is 8.12. The molecule has 7 heteroatoms. The quantitative estimate of drug-likeness (QED) is 0.892. The maximum Gasteiger partial charge on any atom is 0.128 e. The van der Waals surface area contributed by atoms with Crippen molar-refractivity contribution in [3.8, 4) is 0 Å². The van der Waals surface area contributed by atoms with Gasteiger partial charge in [0.05, 0.1) is 18.9 Å². The molecule has 3 heterocycles. The number of ether oxygens (including phenoxy) is 1. The van der Waals surface area contributed by atoms with E-state index in [-0.39, 0.29) is 12.4 Å². The van der Waals surface area contributed by atoms with Crippen LogP contribution in [0.25, 0.3) is 0 Å². The number of nitrogens with zero attached hydrogens (tertiary/aromatic N) is 4. The normalized spacial score (nSPS) is 14.5. The number of morpholine rings is 1. The summed E-state index contributed by atoms with van der Waals surface area (Å²) in [5.41, 5.74) is 4.79. The molecular formula is C17H26ClN5O. The predicted molar refractivity (Wildman–Crippen MR) is 97.7 cm³/mol. The molecule has 0 aromatic carbocycles. The number of aromatic nitrogens is 3. The number of rotatable bonds is 5. The standard InChI is InChI=1S/C17H25N5O.ClH/c1-13-16(14(2)21(3)20-13)12-18-10-15-4-5-17(19-11-15)22-6-8-23-9-7-22;/h4-5,11,18H,6-10,12H2,1-3H3;1H. The number of nitrogens with one attached hydrogen (secondary N) is 1. The molecule has 1 aliphatic heterocycles. The number of anilines is 1. The Morgan fingerprint density at radius 2 is 1.92 bits per heavy atom. The van der Waals surface area contributed by atoms with Gasteiger partial charge in [0.1, 0.15) is 5.82 Å². The fourth-order valence-electron chi connectivity index (χ4n) is 2.91. The Balaban J connectivity index is 0.00000208. The van der Waals surface area contributed by atoms with E-state index in [1.54, 1.807) is 0 Å². The van der Waals surface area contributed by atoms with Gasteiger partial charge >= 0.3 is 0 Å². The second-order valence-electron chi connectivity index (χ2n) is 6.00. The maximum atomic E-state index is 5.37. The van der Waals surface area contributed by atoms with Crippen LogP contribution in [0.4, 0.5) is 5.82 Å². The Morgan fingerprint density at radius 1 is 1.17 bits per heavy atom. The van der Waals surface area contributed by atoms with Crippen LogP contribution in [0.15, 0.2) is 18.3 Å². The largest absolute Gasteiger partial charge is 0.378 e. The van der Waals surface area contributed by atoms with Crippen LogP contribution in [0.1, 0.15) is 22.5 Å². The predicted octanol–water partition coefficient (Wildman–Crippen LogP) is 1.98. The first-order chi connectivity index (χ1) is 11.1. The van der Waals surface area contributed by atoms with Gasteiger partial charge in [0.15, 0.2) is 0 Å². The first kappa shape index (κ1) is 18.7. The fourth-order valence-corrected chi connectivity index (χ4v) is 2.91. The molecule has 3 rings (SSSR count). The van der Waals surface area contributed by atoms with Gasteiger partial charge in [0.2, 0.25) is 0 Å². The van der Waals surface area contributed by atoms with E-state index in [9.17, 15) is 0 Å². The van der Waals surface area contributed by atoms with Crippen LogP contribution in [-0.4, -0.2) is 41.1 Å². The molecule has 0 atom stereocenters. The molecule has 0 amide bonds. The Bertz CT molecular complexity index is 650. The van der Waals surface area contributed by atoms with Gasteiger partial charge in [-0.05, 0) is 25.5 Å². The molecular weight excluding hydrogens is 326 g/mol. The topological polar surface area (TPSA) is 55.2 Å². The van der Waals surface area contributed by atoms with Gasteiger partial charge in [-0.1, -0.05) is 6.07 Å². The Hall–Kier alpha value is -1.63. The molecule has 1 saturated heterocycles. The average molecular weight is 352 g/mol. The highest BCUT2D eigenvalue weighted by Crippen LogP contribution is 2.14.